The Kier molecular flexibility index (Phi) is 7.66. The molecule has 0 radical (unpaired) electrons. The molecule has 0 saturated heterocycles. The molecule has 0 saturated carbocycles. The fourth-order valence-corrected chi connectivity index (χ4v) is 4.40. The molecule has 1 atom stereocenters. The van der Waals surface area contributed by atoms with Crippen LogP contribution in [-0.4, -0.2) is 39.4 Å². The summed E-state index contributed by atoms with van der Waals surface area (Å²) in [6, 6.07) is 15.6. The zero-order valence-electron chi connectivity index (χ0n) is 19.8. The number of nitrogens with zero attached hydrogens (tertiary/aromatic N) is 3. The number of nitrogens with one attached hydrogen (secondary N) is 1. The molecule has 178 valence electrons. The Bertz CT molecular complexity index is 1170. The van der Waals surface area contributed by atoms with E-state index in [9.17, 15) is 0 Å². The molecule has 0 spiro atoms. The summed E-state index contributed by atoms with van der Waals surface area (Å²) in [5.41, 5.74) is 5.02. The molecular weight excluding hydrogens is 468 g/mol. The van der Waals surface area contributed by atoms with Crippen molar-refractivity contribution in [2.24, 2.45) is 0 Å². The number of aromatic nitrogens is 2. The molecule has 8 heteroatoms. The van der Waals surface area contributed by atoms with Gasteiger partial charge < -0.3 is 19.5 Å². The van der Waals surface area contributed by atoms with Crippen molar-refractivity contribution in [3.8, 4) is 11.4 Å². The number of aryl methyl sites for hydroxylation is 1. The average molecular weight is 497 g/mol. The standard InChI is InChI=1S/C26H29ClN4O2S/c1-16(2)32-15-5-14-31-18(4)22(23(28-26(31)34)19-8-6-17(3)7-9-19)25-29-24(30-33-25)20-10-12-21(27)13-11-20/h6-13,16,23H,5,14-15H2,1-4H3,(H,28,34). The number of benzene rings is 2. The Morgan fingerprint density at radius 1 is 1.12 bits per heavy atom. The predicted molar refractivity (Wildman–Crippen MR) is 139 cm³/mol. The molecule has 34 heavy (non-hydrogen) atoms. The molecule has 1 aliphatic heterocycles. The van der Waals surface area contributed by atoms with E-state index in [0.717, 1.165) is 35.4 Å². The molecule has 1 aliphatic rings. The summed E-state index contributed by atoms with van der Waals surface area (Å²) in [6.45, 7) is 9.60. The first kappa shape index (κ1) is 24.4. The molecule has 1 unspecified atom stereocenters. The highest BCUT2D eigenvalue weighted by molar-refractivity contribution is 7.80. The van der Waals surface area contributed by atoms with Crippen LogP contribution in [0.3, 0.4) is 0 Å². The third-order valence-electron chi connectivity index (χ3n) is 5.74. The first-order valence-corrected chi connectivity index (χ1v) is 12.2. The molecule has 4 rings (SSSR count). The van der Waals surface area contributed by atoms with Gasteiger partial charge in [-0.2, -0.15) is 4.98 Å². The Hall–Kier alpha value is -2.74. The SMILES string of the molecule is CC1=C(c2nc(-c3ccc(Cl)cc3)no2)C(c2ccc(C)cc2)NC(=S)N1CCCOC(C)C. The summed E-state index contributed by atoms with van der Waals surface area (Å²) >= 11 is 11.8. The number of ether oxygens (including phenoxy) is 1. The first-order valence-electron chi connectivity index (χ1n) is 11.4. The van der Waals surface area contributed by atoms with Crippen molar-refractivity contribution < 1.29 is 9.26 Å². The van der Waals surface area contributed by atoms with Crippen LogP contribution in [0.25, 0.3) is 17.0 Å². The maximum absolute atomic E-state index is 6.04. The third kappa shape index (κ3) is 5.49. The van der Waals surface area contributed by atoms with Crippen LogP contribution in [0, 0.1) is 6.92 Å². The molecule has 1 aromatic heterocycles. The topological polar surface area (TPSA) is 63.4 Å². The van der Waals surface area contributed by atoms with Crippen molar-refractivity contribution in [2.45, 2.75) is 46.3 Å². The summed E-state index contributed by atoms with van der Waals surface area (Å²) in [5.74, 6) is 0.978. The normalized spacial score (nSPS) is 16.4. The summed E-state index contributed by atoms with van der Waals surface area (Å²) in [5, 5.41) is 9.08. The summed E-state index contributed by atoms with van der Waals surface area (Å²) < 4.78 is 11.5. The van der Waals surface area contributed by atoms with Gasteiger partial charge in [-0.05, 0) is 76.2 Å². The zero-order chi connectivity index (χ0) is 24.2. The maximum Gasteiger partial charge on any atom is 0.258 e. The van der Waals surface area contributed by atoms with E-state index in [1.165, 1.54) is 5.56 Å². The van der Waals surface area contributed by atoms with Crippen molar-refractivity contribution in [2.75, 3.05) is 13.2 Å². The van der Waals surface area contributed by atoms with E-state index < -0.39 is 0 Å². The van der Waals surface area contributed by atoms with Gasteiger partial charge in [0.25, 0.3) is 5.89 Å². The molecule has 0 amide bonds. The lowest BCUT2D eigenvalue weighted by Gasteiger charge is -2.37. The van der Waals surface area contributed by atoms with Crippen molar-refractivity contribution in [1.82, 2.24) is 20.4 Å². The van der Waals surface area contributed by atoms with Gasteiger partial charge in [-0.15, -0.1) is 0 Å². The van der Waals surface area contributed by atoms with Crippen LogP contribution >= 0.6 is 23.8 Å². The van der Waals surface area contributed by atoms with Crippen LogP contribution in [0.2, 0.25) is 5.02 Å². The lowest BCUT2D eigenvalue weighted by Crippen LogP contribution is -2.46. The lowest BCUT2D eigenvalue weighted by atomic mass is 9.94. The van der Waals surface area contributed by atoms with Gasteiger partial charge in [-0.25, -0.2) is 0 Å². The molecule has 3 aromatic rings. The van der Waals surface area contributed by atoms with Gasteiger partial charge in [0, 0.05) is 29.4 Å². The van der Waals surface area contributed by atoms with E-state index in [1.807, 2.05) is 38.1 Å². The van der Waals surface area contributed by atoms with Gasteiger partial charge in [0.15, 0.2) is 5.11 Å². The Labute approximate surface area is 210 Å². The van der Waals surface area contributed by atoms with Gasteiger partial charge in [-0.1, -0.05) is 46.6 Å². The Morgan fingerprint density at radius 3 is 2.50 bits per heavy atom. The Balaban J connectivity index is 1.70. The number of hydrogen-bond acceptors (Lipinski definition) is 5. The van der Waals surface area contributed by atoms with Gasteiger partial charge >= 0.3 is 0 Å². The van der Waals surface area contributed by atoms with Crippen LogP contribution in [-0.2, 0) is 4.74 Å². The smallest absolute Gasteiger partial charge is 0.258 e. The van der Waals surface area contributed by atoms with Crippen LogP contribution in [0.5, 0.6) is 0 Å². The zero-order valence-corrected chi connectivity index (χ0v) is 21.4. The molecule has 1 N–H and O–H groups in total. The average Bonchev–Trinajstić information content (AvgIpc) is 3.28. The van der Waals surface area contributed by atoms with Crippen LogP contribution < -0.4 is 5.32 Å². The van der Waals surface area contributed by atoms with Crippen molar-refractivity contribution in [3.63, 3.8) is 0 Å². The molecule has 6 nitrogen and oxygen atoms in total. The lowest BCUT2D eigenvalue weighted by molar-refractivity contribution is 0.0749. The maximum atomic E-state index is 6.04. The quantitative estimate of drug-likeness (QED) is 0.295. The van der Waals surface area contributed by atoms with E-state index >= 15 is 0 Å². The van der Waals surface area contributed by atoms with E-state index in [2.05, 4.69) is 53.5 Å². The van der Waals surface area contributed by atoms with Gasteiger partial charge in [0.05, 0.1) is 17.7 Å². The fraction of sp³-hybridized carbons (Fsp3) is 0.346. The van der Waals surface area contributed by atoms with Crippen LogP contribution in [0.4, 0.5) is 0 Å². The van der Waals surface area contributed by atoms with E-state index in [-0.39, 0.29) is 12.1 Å². The summed E-state index contributed by atoms with van der Waals surface area (Å²) in [4.78, 5) is 6.83. The van der Waals surface area contributed by atoms with E-state index in [4.69, 9.17) is 38.1 Å². The second-order valence-electron chi connectivity index (χ2n) is 8.65. The van der Waals surface area contributed by atoms with Gasteiger partial charge in [0.2, 0.25) is 5.82 Å². The van der Waals surface area contributed by atoms with E-state index in [0.29, 0.717) is 28.5 Å². The van der Waals surface area contributed by atoms with Gasteiger partial charge in [0.1, 0.15) is 0 Å². The van der Waals surface area contributed by atoms with Gasteiger partial charge in [-0.3, -0.25) is 0 Å². The minimum atomic E-state index is -0.199. The second kappa shape index (κ2) is 10.7. The van der Waals surface area contributed by atoms with Crippen molar-refractivity contribution in [1.29, 1.82) is 0 Å². The largest absolute Gasteiger partial charge is 0.379 e. The van der Waals surface area contributed by atoms with Crippen LogP contribution in [0.1, 0.15) is 50.3 Å². The monoisotopic (exact) mass is 496 g/mol. The first-order chi connectivity index (χ1) is 16.3. The van der Waals surface area contributed by atoms with Crippen molar-refractivity contribution in [3.05, 3.63) is 76.3 Å². The highest BCUT2D eigenvalue weighted by Gasteiger charge is 2.33. The number of hydrogen-bond donors (Lipinski definition) is 1. The number of rotatable bonds is 8. The summed E-state index contributed by atoms with van der Waals surface area (Å²) in [7, 11) is 0. The fourth-order valence-electron chi connectivity index (χ4n) is 3.93. The number of allylic oxidation sites excluding steroid dienone is 1. The molecular formula is C26H29ClN4O2S. The minimum absolute atomic E-state index is 0.199. The van der Waals surface area contributed by atoms with E-state index in [1.54, 1.807) is 0 Å². The highest BCUT2D eigenvalue weighted by atomic mass is 35.5. The Morgan fingerprint density at radius 2 is 1.82 bits per heavy atom. The predicted octanol–water partition coefficient (Wildman–Crippen LogP) is 6.18. The molecule has 2 aromatic carbocycles. The second-order valence-corrected chi connectivity index (χ2v) is 9.47. The third-order valence-corrected chi connectivity index (χ3v) is 6.33. The minimum Gasteiger partial charge on any atom is -0.379 e. The number of halogens is 1. The van der Waals surface area contributed by atoms with Crippen molar-refractivity contribution >= 4 is 34.5 Å². The van der Waals surface area contributed by atoms with Crippen LogP contribution in [0.15, 0.2) is 58.8 Å². The molecule has 0 bridgehead atoms. The molecule has 0 aliphatic carbocycles. The molecule has 0 fully saturated rings. The highest BCUT2D eigenvalue weighted by Crippen LogP contribution is 2.37. The summed E-state index contributed by atoms with van der Waals surface area (Å²) in [6.07, 6.45) is 1.05. The number of thiocarbonyl (C=S) groups is 1. The molecule has 2 heterocycles.